The minimum absolute atomic E-state index is 0.430. The molecule has 1 N–H and O–H groups in total. The lowest BCUT2D eigenvalue weighted by atomic mass is 9.47. The van der Waals surface area contributed by atoms with Gasteiger partial charge in [-0.3, -0.25) is 0 Å². The van der Waals surface area contributed by atoms with Crippen molar-refractivity contribution in [3.05, 3.63) is 12.2 Å². The summed E-state index contributed by atoms with van der Waals surface area (Å²) >= 11 is 0. The number of fused-ring (bicyclic) bond motifs is 5. The zero-order valence-electron chi connectivity index (χ0n) is 20.2. The van der Waals surface area contributed by atoms with Gasteiger partial charge in [0.15, 0.2) is 0 Å². The van der Waals surface area contributed by atoms with Crippen LogP contribution in [0.4, 0.5) is 0 Å². The maximum absolute atomic E-state index is 9.92. The second-order valence-corrected chi connectivity index (χ2v) is 12.6. The summed E-state index contributed by atoms with van der Waals surface area (Å²) in [5.41, 5.74) is 1.08. The maximum Gasteiger partial charge on any atom is 0.0462 e. The first-order chi connectivity index (χ1) is 13.7. The van der Waals surface area contributed by atoms with Crippen molar-refractivity contribution in [3.63, 3.8) is 0 Å². The summed E-state index contributed by atoms with van der Waals surface area (Å²) in [6, 6.07) is 0. The fraction of sp³-hybridized carbons (Fsp3) is 0.929. The van der Waals surface area contributed by atoms with Crippen molar-refractivity contribution in [2.24, 2.45) is 64.1 Å². The molecule has 4 saturated carbocycles. The average Bonchev–Trinajstić information content (AvgIpc) is 3.22. The van der Waals surface area contributed by atoms with Crippen LogP contribution < -0.4 is 0 Å². The Balaban J connectivity index is 1.50. The molecule has 0 aliphatic heterocycles. The third kappa shape index (κ3) is 3.46. The monoisotopic (exact) mass is 400 g/mol. The van der Waals surface area contributed by atoms with Crippen molar-refractivity contribution in [1.29, 1.82) is 0 Å². The van der Waals surface area contributed by atoms with Gasteiger partial charge in [-0.2, -0.15) is 0 Å². The largest absolute Gasteiger partial charge is 0.396 e. The minimum atomic E-state index is 0.430. The van der Waals surface area contributed by atoms with Gasteiger partial charge in [0.05, 0.1) is 0 Å². The molecule has 10 atom stereocenters. The van der Waals surface area contributed by atoms with Crippen LogP contribution in [0.5, 0.6) is 0 Å². The van der Waals surface area contributed by atoms with Crippen LogP contribution in [0.1, 0.15) is 92.9 Å². The highest BCUT2D eigenvalue weighted by Gasteiger charge is 2.61. The molecule has 4 rings (SSSR count). The maximum atomic E-state index is 9.92. The molecule has 10 unspecified atom stereocenters. The standard InChI is InChI=1S/C28H48O/c1-18(2)19(3)7-8-20(4)23-11-12-25-22-9-10-24-21(17-29)13-15-28(24,6)26(22)14-16-27(23,25)5/h7-8,18-26,29H,9-17H2,1-6H3. The molecule has 166 valence electrons. The van der Waals surface area contributed by atoms with Crippen LogP contribution in [0.25, 0.3) is 0 Å². The summed E-state index contributed by atoms with van der Waals surface area (Å²) in [7, 11) is 0. The number of aliphatic hydroxyl groups is 1. The lowest BCUT2D eigenvalue weighted by Gasteiger charge is -2.58. The Hall–Kier alpha value is -0.300. The molecule has 0 spiro atoms. The van der Waals surface area contributed by atoms with Crippen molar-refractivity contribution in [1.82, 2.24) is 0 Å². The normalized spacial score (nSPS) is 49.1. The van der Waals surface area contributed by atoms with Crippen molar-refractivity contribution in [3.8, 4) is 0 Å². The summed E-state index contributed by atoms with van der Waals surface area (Å²) in [5, 5.41) is 9.92. The molecule has 4 aliphatic carbocycles. The van der Waals surface area contributed by atoms with E-state index in [1.807, 2.05) is 0 Å². The van der Waals surface area contributed by atoms with E-state index in [0.717, 1.165) is 41.4 Å². The van der Waals surface area contributed by atoms with Gasteiger partial charge >= 0.3 is 0 Å². The molecule has 4 fully saturated rings. The van der Waals surface area contributed by atoms with E-state index in [1.165, 1.54) is 51.4 Å². The van der Waals surface area contributed by atoms with Crippen LogP contribution >= 0.6 is 0 Å². The van der Waals surface area contributed by atoms with Gasteiger partial charge in [-0.1, -0.05) is 53.7 Å². The number of hydrogen-bond donors (Lipinski definition) is 1. The molecule has 29 heavy (non-hydrogen) atoms. The van der Waals surface area contributed by atoms with E-state index in [1.54, 1.807) is 0 Å². The smallest absolute Gasteiger partial charge is 0.0462 e. The van der Waals surface area contributed by atoms with Gasteiger partial charge in [0.25, 0.3) is 0 Å². The van der Waals surface area contributed by atoms with Crippen molar-refractivity contribution < 1.29 is 5.11 Å². The number of aliphatic hydroxyl groups excluding tert-OH is 1. The predicted octanol–water partition coefficient (Wildman–Crippen LogP) is 7.35. The number of allylic oxidation sites excluding steroid dienone is 2. The van der Waals surface area contributed by atoms with Gasteiger partial charge < -0.3 is 5.11 Å². The molecular formula is C28H48O. The minimum Gasteiger partial charge on any atom is -0.396 e. The molecular weight excluding hydrogens is 352 g/mol. The van der Waals surface area contributed by atoms with Crippen LogP contribution in [0.3, 0.4) is 0 Å². The number of hydrogen-bond acceptors (Lipinski definition) is 1. The lowest BCUT2D eigenvalue weighted by Crippen LogP contribution is -2.51. The van der Waals surface area contributed by atoms with Gasteiger partial charge in [-0.15, -0.1) is 0 Å². The van der Waals surface area contributed by atoms with Gasteiger partial charge in [-0.25, -0.2) is 0 Å². The second-order valence-electron chi connectivity index (χ2n) is 12.6. The molecule has 0 aromatic rings. The van der Waals surface area contributed by atoms with E-state index in [9.17, 15) is 5.11 Å². The summed E-state index contributed by atoms with van der Waals surface area (Å²) in [4.78, 5) is 0. The van der Waals surface area contributed by atoms with Crippen molar-refractivity contribution in [2.75, 3.05) is 6.61 Å². The first-order valence-electron chi connectivity index (χ1n) is 13.0. The van der Waals surface area contributed by atoms with E-state index in [4.69, 9.17) is 0 Å². The quantitative estimate of drug-likeness (QED) is 0.478. The Morgan fingerprint density at radius 3 is 2.14 bits per heavy atom. The van der Waals surface area contributed by atoms with E-state index in [0.29, 0.717) is 29.3 Å². The molecule has 0 aromatic heterocycles. The highest BCUT2D eigenvalue weighted by molar-refractivity contribution is 5.12. The Labute approximate surface area is 181 Å². The van der Waals surface area contributed by atoms with Gasteiger partial charge in [0.2, 0.25) is 0 Å². The highest BCUT2D eigenvalue weighted by Crippen LogP contribution is 2.69. The molecule has 1 nitrogen and oxygen atoms in total. The van der Waals surface area contributed by atoms with Gasteiger partial charge in [0.1, 0.15) is 0 Å². The van der Waals surface area contributed by atoms with Gasteiger partial charge in [0, 0.05) is 6.61 Å². The number of rotatable bonds is 5. The average molecular weight is 401 g/mol. The third-order valence-electron chi connectivity index (χ3n) is 11.3. The molecule has 1 heteroatoms. The topological polar surface area (TPSA) is 20.2 Å². The molecule has 0 heterocycles. The van der Waals surface area contributed by atoms with Crippen molar-refractivity contribution in [2.45, 2.75) is 92.9 Å². The van der Waals surface area contributed by atoms with Crippen LogP contribution in [-0.2, 0) is 0 Å². The predicted molar refractivity (Wildman–Crippen MR) is 123 cm³/mol. The zero-order chi connectivity index (χ0) is 21.0. The Morgan fingerprint density at radius 1 is 0.793 bits per heavy atom. The lowest BCUT2D eigenvalue weighted by molar-refractivity contribution is -0.0956. The SMILES string of the molecule is CC(C)C(C)C=CC(C)C1CCC2C3CCC4C(CO)CCC4(C)C3CCC12C. The first-order valence-corrected chi connectivity index (χ1v) is 13.0. The molecule has 0 saturated heterocycles. The van der Waals surface area contributed by atoms with E-state index in [-0.39, 0.29) is 0 Å². The molecule has 0 aromatic carbocycles. The molecule has 0 amide bonds. The fourth-order valence-corrected chi connectivity index (χ4v) is 9.16. The molecule has 0 radical (unpaired) electrons. The Kier molecular flexibility index (Phi) is 6.04. The van der Waals surface area contributed by atoms with Gasteiger partial charge in [-0.05, 0) is 115 Å². The van der Waals surface area contributed by atoms with Crippen molar-refractivity contribution >= 4 is 0 Å². The Morgan fingerprint density at radius 2 is 1.45 bits per heavy atom. The van der Waals surface area contributed by atoms with E-state index in [2.05, 4.69) is 53.7 Å². The van der Waals surface area contributed by atoms with Crippen LogP contribution in [0.15, 0.2) is 12.2 Å². The summed E-state index contributed by atoms with van der Waals surface area (Å²) < 4.78 is 0. The zero-order valence-corrected chi connectivity index (χ0v) is 20.2. The van der Waals surface area contributed by atoms with E-state index < -0.39 is 0 Å². The summed E-state index contributed by atoms with van der Waals surface area (Å²) in [6.45, 7) is 15.3. The summed E-state index contributed by atoms with van der Waals surface area (Å²) in [5.74, 6) is 7.28. The van der Waals surface area contributed by atoms with Crippen LogP contribution in [0, 0.1) is 64.1 Å². The molecule has 0 bridgehead atoms. The Bertz CT molecular complexity index is 607. The third-order valence-corrected chi connectivity index (χ3v) is 11.3. The fourth-order valence-electron chi connectivity index (χ4n) is 9.16. The summed E-state index contributed by atoms with van der Waals surface area (Å²) in [6.07, 6.45) is 16.4. The highest BCUT2D eigenvalue weighted by atomic mass is 16.3. The van der Waals surface area contributed by atoms with E-state index >= 15 is 0 Å². The van der Waals surface area contributed by atoms with Crippen LogP contribution in [-0.4, -0.2) is 11.7 Å². The molecule has 4 aliphatic rings. The van der Waals surface area contributed by atoms with Crippen LogP contribution in [0.2, 0.25) is 0 Å². The second kappa shape index (κ2) is 7.99. The first kappa shape index (κ1) is 21.9.